The van der Waals surface area contributed by atoms with Crippen LogP contribution in [0.2, 0.25) is 0 Å². The van der Waals surface area contributed by atoms with E-state index >= 15 is 0 Å². The number of allylic oxidation sites excluding steroid dienone is 2. The summed E-state index contributed by atoms with van der Waals surface area (Å²) < 4.78 is 23.2. The molecule has 0 aromatic carbocycles. The van der Waals surface area contributed by atoms with Gasteiger partial charge in [0.05, 0.1) is 0 Å². The average molecular weight is 134 g/mol. The SMILES string of the molecule is CC(F)CC=CC(=O)F. The summed E-state index contributed by atoms with van der Waals surface area (Å²) >= 11 is 0. The fourth-order valence-corrected chi connectivity index (χ4v) is 0.348. The Bertz CT molecular complexity index is 118. The molecule has 0 aliphatic carbocycles. The van der Waals surface area contributed by atoms with Gasteiger partial charge in [-0.1, -0.05) is 6.08 Å². The van der Waals surface area contributed by atoms with Gasteiger partial charge in [-0.15, -0.1) is 0 Å². The Morgan fingerprint density at radius 3 is 2.67 bits per heavy atom. The molecule has 0 spiro atoms. The van der Waals surface area contributed by atoms with Gasteiger partial charge in [0, 0.05) is 6.08 Å². The Kier molecular flexibility index (Phi) is 3.84. The first-order chi connectivity index (χ1) is 4.13. The van der Waals surface area contributed by atoms with Gasteiger partial charge in [-0.25, -0.2) is 4.39 Å². The van der Waals surface area contributed by atoms with E-state index in [-0.39, 0.29) is 6.42 Å². The molecule has 1 atom stereocenters. The molecule has 0 saturated carbocycles. The fraction of sp³-hybridized carbons (Fsp3) is 0.500. The van der Waals surface area contributed by atoms with Crippen LogP contribution in [0.1, 0.15) is 13.3 Å². The number of rotatable bonds is 3. The van der Waals surface area contributed by atoms with Crippen molar-refractivity contribution in [1.82, 2.24) is 0 Å². The van der Waals surface area contributed by atoms with E-state index in [0.29, 0.717) is 0 Å². The number of hydrogen-bond acceptors (Lipinski definition) is 1. The molecule has 0 aromatic rings. The van der Waals surface area contributed by atoms with Crippen molar-refractivity contribution in [3.05, 3.63) is 12.2 Å². The lowest BCUT2D eigenvalue weighted by molar-refractivity contribution is -0.124. The first kappa shape index (κ1) is 8.27. The smallest absolute Gasteiger partial charge is 0.256 e. The van der Waals surface area contributed by atoms with Gasteiger partial charge in [0.1, 0.15) is 6.17 Å². The molecule has 0 aliphatic rings. The molecule has 0 N–H and O–H groups in total. The van der Waals surface area contributed by atoms with Crippen LogP contribution in [0.3, 0.4) is 0 Å². The van der Waals surface area contributed by atoms with E-state index in [0.717, 1.165) is 6.08 Å². The molecule has 0 aliphatic heterocycles. The molecule has 0 aromatic heterocycles. The van der Waals surface area contributed by atoms with Gasteiger partial charge in [0.15, 0.2) is 0 Å². The first-order valence-electron chi connectivity index (χ1n) is 2.63. The number of hydrogen-bond donors (Lipinski definition) is 0. The summed E-state index contributed by atoms with van der Waals surface area (Å²) in [6.45, 7) is 1.34. The zero-order chi connectivity index (χ0) is 7.28. The molecule has 0 radical (unpaired) electrons. The zero-order valence-corrected chi connectivity index (χ0v) is 5.10. The quantitative estimate of drug-likeness (QED) is 0.424. The van der Waals surface area contributed by atoms with E-state index in [1.165, 1.54) is 13.0 Å². The second-order valence-electron chi connectivity index (χ2n) is 1.72. The van der Waals surface area contributed by atoms with Gasteiger partial charge in [0.25, 0.3) is 0 Å². The maximum atomic E-state index is 11.9. The van der Waals surface area contributed by atoms with Gasteiger partial charge in [-0.05, 0) is 13.3 Å². The molecule has 0 amide bonds. The molecule has 0 saturated heterocycles. The number of alkyl halides is 1. The molecule has 0 rings (SSSR count). The molecule has 9 heavy (non-hydrogen) atoms. The van der Waals surface area contributed by atoms with Crippen LogP contribution in [-0.4, -0.2) is 12.2 Å². The molecule has 0 heterocycles. The van der Waals surface area contributed by atoms with Crippen molar-refractivity contribution in [3.8, 4) is 0 Å². The summed E-state index contributed by atoms with van der Waals surface area (Å²) in [5, 5.41) is 0. The lowest BCUT2D eigenvalue weighted by Crippen LogP contribution is -1.88. The highest BCUT2D eigenvalue weighted by molar-refractivity contribution is 5.80. The lowest BCUT2D eigenvalue weighted by atomic mass is 10.3. The Labute approximate surface area is 52.4 Å². The highest BCUT2D eigenvalue weighted by atomic mass is 19.1. The summed E-state index contributed by atoms with van der Waals surface area (Å²) in [6, 6.07) is -1.53. The molecular formula is C6H8F2O. The molecule has 3 heteroatoms. The predicted octanol–water partition coefficient (Wildman–Crippen LogP) is 1.79. The summed E-state index contributed by atoms with van der Waals surface area (Å²) in [7, 11) is 0. The maximum Gasteiger partial charge on any atom is 0.324 e. The largest absolute Gasteiger partial charge is 0.324 e. The number of halogens is 2. The molecular weight excluding hydrogens is 126 g/mol. The van der Waals surface area contributed by atoms with Crippen molar-refractivity contribution < 1.29 is 13.6 Å². The standard InChI is InChI=1S/C6H8F2O/c1-5(7)3-2-4-6(8)9/h2,4-5H,3H2,1H3. The third kappa shape index (κ3) is 7.27. The zero-order valence-electron chi connectivity index (χ0n) is 5.10. The monoisotopic (exact) mass is 134 g/mol. The minimum atomic E-state index is -1.53. The fourth-order valence-electron chi connectivity index (χ4n) is 0.348. The van der Waals surface area contributed by atoms with Crippen LogP contribution in [0.15, 0.2) is 12.2 Å². The molecule has 1 unspecified atom stereocenters. The van der Waals surface area contributed by atoms with Crippen LogP contribution in [0.4, 0.5) is 8.78 Å². The second-order valence-corrected chi connectivity index (χ2v) is 1.72. The summed E-state index contributed by atoms with van der Waals surface area (Å²) in [6.07, 6.45) is 0.972. The molecule has 0 fully saturated rings. The number of carbonyl (C=O) groups excluding carboxylic acids is 1. The van der Waals surface area contributed by atoms with Gasteiger partial charge in [0.2, 0.25) is 0 Å². The van der Waals surface area contributed by atoms with E-state index < -0.39 is 12.2 Å². The van der Waals surface area contributed by atoms with Crippen molar-refractivity contribution in [2.24, 2.45) is 0 Å². The topological polar surface area (TPSA) is 17.1 Å². The normalized spacial score (nSPS) is 14.1. The average Bonchev–Trinajstić information content (AvgIpc) is 1.63. The Morgan fingerprint density at radius 2 is 2.33 bits per heavy atom. The van der Waals surface area contributed by atoms with E-state index in [1.54, 1.807) is 0 Å². The molecule has 1 nitrogen and oxygen atoms in total. The lowest BCUT2D eigenvalue weighted by Gasteiger charge is -1.89. The van der Waals surface area contributed by atoms with Crippen molar-refractivity contribution in [1.29, 1.82) is 0 Å². The summed E-state index contributed by atoms with van der Waals surface area (Å²) in [5.74, 6) is 0. The summed E-state index contributed by atoms with van der Waals surface area (Å²) in [5.41, 5.74) is 0. The molecule has 52 valence electrons. The predicted molar refractivity (Wildman–Crippen MR) is 30.4 cm³/mol. The third-order valence-electron chi connectivity index (χ3n) is 0.710. The minimum Gasteiger partial charge on any atom is -0.256 e. The van der Waals surface area contributed by atoms with Crippen LogP contribution < -0.4 is 0 Å². The minimum absolute atomic E-state index is 0.0929. The molecule has 0 bridgehead atoms. The van der Waals surface area contributed by atoms with Crippen molar-refractivity contribution in [3.63, 3.8) is 0 Å². The summed E-state index contributed by atoms with van der Waals surface area (Å²) in [4.78, 5) is 9.55. The highest BCUT2D eigenvalue weighted by Gasteiger charge is 1.92. The Balaban J connectivity index is 3.36. The van der Waals surface area contributed by atoms with Crippen molar-refractivity contribution in [2.75, 3.05) is 0 Å². The van der Waals surface area contributed by atoms with Gasteiger partial charge in [-0.3, -0.25) is 4.79 Å². The van der Waals surface area contributed by atoms with E-state index in [9.17, 15) is 13.6 Å². The van der Waals surface area contributed by atoms with Gasteiger partial charge < -0.3 is 0 Å². The van der Waals surface area contributed by atoms with Crippen LogP contribution in [0, 0.1) is 0 Å². The first-order valence-corrected chi connectivity index (χ1v) is 2.63. The van der Waals surface area contributed by atoms with Crippen LogP contribution >= 0.6 is 0 Å². The van der Waals surface area contributed by atoms with Crippen molar-refractivity contribution >= 4 is 6.04 Å². The van der Waals surface area contributed by atoms with Gasteiger partial charge in [-0.2, -0.15) is 4.39 Å². The Morgan fingerprint density at radius 1 is 1.78 bits per heavy atom. The van der Waals surface area contributed by atoms with E-state index in [2.05, 4.69) is 0 Å². The van der Waals surface area contributed by atoms with Crippen molar-refractivity contribution in [2.45, 2.75) is 19.5 Å². The van der Waals surface area contributed by atoms with E-state index in [4.69, 9.17) is 0 Å². The second kappa shape index (κ2) is 4.18. The maximum absolute atomic E-state index is 11.9. The van der Waals surface area contributed by atoms with Crippen LogP contribution in [0.5, 0.6) is 0 Å². The highest BCUT2D eigenvalue weighted by Crippen LogP contribution is 1.96. The number of carbonyl (C=O) groups is 1. The third-order valence-corrected chi connectivity index (χ3v) is 0.710. The van der Waals surface area contributed by atoms with Crippen LogP contribution in [0.25, 0.3) is 0 Å². The Hall–Kier alpha value is -0.730. The van der Waals surface area contributed by atoms with Gasteiger partial charge >= 0.3 is 6.04 Å². The van der Waals surface area contributed by atoms with E-state index in [1.807, 2.05) is 0 Å². The van der Waals surface area contributed by atoms with Crippen LogP contribution in [-0.2, 0) is 4.79 Å².